The average molecular weight is 486 g/mol. The largest absolute Gasteiger partial charge is 0.464 e. The number of rotatable bonds is 4. The Labute approximate surface area is 208 Å². The minimum Gasteiger partial charge on any atom is -0.464 e. The number of anilines is 1. The number of ether oxygens (including phenoxy) is 2. The number of carbonyl (C=O) groups excluding carboxylic acids is 2. The van der Waals surface area contributed by atoms with Gasteiger partial charge in [0.05, 0.1) is 25.0 Å². The number of amides is 1. The van der Waals surface area contributed by atoms with Gasteiger partial charge in [-0.3, -0.25) is 4.90 Å². The first kappa shape index (κ1) is 25.4. The van der Waals surface area contributed by atoms with Crippen LogP contribution in [0.25, 0.3) is 0 Å². The topological polar surface area (TPSA) is 88.1 Å². The van der Waals surface area contributed by atoms with Gasteiger partial charge < -0.3 is 19.3 Å². The van der Waals surface area contributed by atoms with Gasteiger partial charge in [0.25, 0.3) is 0 Å². The molecule has 3 aliphatic rings. The molecule has 1 amide bonds. The van der Waals surface area contributed by atoms with Gasteiger partial charge >= 0.3 is 12.1 Å². The summed E-state index contributed by atoms with van der Waals surface area (Å²) < 4.78 is 10.4. The minimum absolute atomic E-state index is 0.0768. The molecular weight excluding hydrogens is 446 g/mol. The van der Waals surface area contributed by atoms with E-state index < -0.39 is 11.6 Å². The average Bonchev–Trinajstić information content (AvgIpc) is 3.45. The van der Waals surface area contributed by atoms with Crippen LogP contribution in [0.5, 0.6) is 0 Å². The van der Waals surface area contributed by atoms with Gasteiger partial charge in [-0.05, 0) is 52.9 Å². The molecule has 3 fully saturated rings. The van der Waals surface area contributed by atoms with Crippen LogP contribution in [-0.2, 0) is 9.47 Å². The quantitative estimate of drug-likeness (QED) is 0.474. The normalized spacial score (nSPS) is 27.6. The van der Waals surface area contributed by atoms with Crippen LogP contribution in [-0.4, -0.2) is 88.3 Å². The lowest BCUT2D eigenvalue weighted by molar-refractivity contribution is 0.00438. The molecule has 35 heavy (non-hydrogen) atoms. The Kier molecular flexibility index (Phi) is 6.83. The molecule has 9 nitrogen and oxygen atoms in total. The highest BCUT2D eigenvalue weighted by atomic mass is 16.6. The van der Waals surface area contributed by atoms with E-state index in [2.05, 4.69) is 33.3 Å². The van der Waals surface area contributed by atoms with Crippen LogP contribution >= 0.6 is 0 Å². The number of nitrogens with zero attached hydrogens (tertiary/aromatic N) is 5. The highest BCUT2D eigenvalue weighted by molar-refractivity contribution is 5.87. The van der Waals surface area contributed by atoms with E-state index in [9.17, 15) is 9.59 Å². The van der Waals surface area contributed by atoms with Crippen molar-refractivity contribution in [2.75, 3.05) is 38.2 Å². The lowest BCUT2D eigenvalue weighted by atomic mass is 9.94. The molecule has 3 heterocycles. The summed E-state index contributed by atoms with van der Waals surface area (Å²) in [6.45, 7) is 17.1. The van der Waals surface area contributed by atoms with Crippen LogP contribution in [0.15, 0.2) is 18.9 Å². The molecule has 1 spiro atoms. The number of methoxy groups -OCH3 is 1. The molecule has 3 atom stereocenters. The summed E-state index contributed by atoms with van der Waals surface area (Å²) in [5, 5.41) is 0. The van der Waals surface area contributed by atoms with E-state index in [0.29, 0.717) is 30.7 Å². The molecule has 1 aromatic heterocycles. The van der Waals surface area contributed by atoms with Crippen molar-refractivity contribution in [2.45, 2.75) is 77.1 Å². The predicted octanol–water partition coefficient (Wildman–Crippen LogP) is 3.43. The van der Waals surface area contributed by atoms with Gasteiger partial charge in [0.1, 0.15) is 5.60 Å². The molecule has 1 aromatic rings. The third-order valence-electron chi connectivity index (χ3n) is 7.63. The first-order valence-electron chi connectivity index (χ1n) is 12.5. The summed E-state index contributed by atoms with van der Waals surface area (Å²) in [5.74, 6) is 0.880. The fourth-order valence-electron chi connectivity index (χ4n) is 5.67. The number of aromatic nitrogens is 2. The molecule has 4 rings (SSSR count). The summed E-state index contributed by atoms with van der Waals surface area (Å²) in [6, 6.07) is 0.492. The molecule has 192 valence electrons. The van der Waals surface area contributed by atoms with Crippen LogP contribution in [0.3, 0.4) is 0 Å². The minimum atomic E-state index is -0.484. The number of aryl methyl sites for hydroxylation is 1. The zero-order valence-corrected chi connectivity index (χ0v) is 21.9. The Balaban J connectivity index is 1.49. The maximum Gasteiger partial charge on any atom is 0.410 e. The van der Waals surface area contributed by atoms with Gasteiger partial charge in [-0.2, -0.15) is 0 Å². The van der Waals surface area contributed by atoms with Crippen LogP contribution in [0.2, 0.25) is 0 Å². The lowest BCUT2D eigenvalue weighted by Gasteiger charge is -2.52. The molecule has 1 aliphatic carbocycles. The number of piperidine rings is 1. The number of hydrogen-bond acceptors (Lipinski definition) is 8. The molecule has 0 N–H and O–H groups in total. The van der Waals surface area contributed by atoms with E-state index in [4.69, 9.17) is 9.47 Å². The number of likely N-dealkylation sites (tertiary alicyclic amines) is 1. The van der Waals surface area contributed by atoms with Crippen molar-refractivity contribution >= 4 is 17.9 Å². The maximum atomic E-state index is 12.5. The standard InChI is InChI=1S/C26H39N5O4/c1-8-19-15-31(20-9-11-29(12-10-20)24(33)35-25(4,5)6)26(13-17(26)2)16-30(19)22-18(3)28-21(14-27-22)23(32)34-7/h8,14,17,19-20H,1,9-13,15-16H2,2-7H3. The number of carbonyl (C=O) groups is 2. The van der Waals surface area contributed by atoms with Crippen LogP contribution in [0.1, 0.15) is 63.1 Å². The van der Waals surface area contributed by atoms with E-state index in [1.165, 1.54) is 13.3 Å². The summed E-state index contributed by atoms with van der Waals surface area (Å²) in [5.41, 5.74) is 0.523. The first-order valence-corrected chi connectivity index (χ1v) is 12.5. The Morgan fingerprint density at radius 3 is 2.43 bits per heavy atom. The Bertz CT molecular complexity index is 984. The lowest BCUT2D eigenvalue weighted by Crippen LogP contribution is -2.64. The van der Waals surface area contributed by atoms with Gasteiger partial charge in [-0.15, -0.1) is 6.58 Å². The Morgan fingerprint density at radius 2 is 1.91 bits per heavy atom. The van der Waals surface area contributed by atoms with Crippen molar-refractivity contribution < 1.29 is 19.1 Å². The van der Waals surface area contributed by atoms with E-state index in [1.54, 1.807) is 0 Å². The third kappa shape index (κ3) is 5.01. The van der Waals surface area contributed by atoms with Crippen molar-refractivity contribution in [2.24, 2.45) is 5.92 Å². The number of hydrogen-bond donors (Lipinski definition) is 0. The maximum absolute atomic E-state index is 12.5. The molecule has 3 unspecified atom stereocenters. The van der Waals surface area contributed by atoms with Crippen molar-refractivity contribution in [1.82, 2.24) is 19.8 Å². The molecule has 0 aromatic carbocycles. The van der Waals surface area contributed by atoms with E-state index in [0.717, 1.165) is 38.2 Å². The van der Waals surface area contributed by atoms with Gasteiger partial charge in [-0.25, -0.2) is 19.6 Å². The SMILES string of the molecule is C=CC1CN(C2CCN(C(=O)OC(C)(C)C)CC2)C2(CC2C)CN1c1ncc(C(=O)OC)nc1C. The number of piperazine rings is 1. The third-order valence-corrected chi connectivity index (χ3v) is 7.63. The molecule has 2 aliphatic heterocycles. The van der Waals surface area contributed by atoms with Crippen LogP contribution in [0.4, 0.5) is 10.6 Å². The van der Waals surface area contributed by atoms with Crippen molar-refractivity contribution in [3.8, 4) is 0 Å². The molecule has 1 saturated carbocycles. The van der Waals surface area contributed by atoms with Gasteiger partial charge in [0.2, 0.25) is 0 Å². The van der Waals surface area contributed by atoms with E-state index in [1.807, 2.05) is 38.7 Å². The van der Waals surface area contributed by atoms with Crippen molar-refractivity contribution in [3.63, 3.8) is 0 Å². The summed E-state index contributed by atoms with van der Waals surface area (Å²) in [4.78, 5) is 40.3. The van der Waals surface area contributed by atoms with Crippen molar-refractivity contribution in [3.05, 3.63) is 30.2 Å². The van der Waals surface area contributed by atoms with Gasteiger partial charge in [0, 0.05) is 37.8 Å². The summed E-state index contributed by atoms with van der Waals surface area (Å²) >= 11 is 0. The highest BCUT2D eigenvalue weighted by Crippen LogP contribution is 2.53. The Morgan fingerprint density at radius 1 is 1.26 bits per heavy atom. The molecule has 9 heteroatoms. The fraction of sp³-hybridized carbons (Fsp3) is 0.692. The van der Waals surface area contributed by atoms with E-state index >= 15 is 0 Å². The van der Waals surface area contributed by atoms with Crippen molar-refractivity contribution in [1.29, 1.82) is 0 Å². The monoisotopic (exact) mass is 485 g/mol. The first-order chi connectivity index (χ1) is 16.5. The molecule has 0 bridgehead atoms. The Hall–Kier alpha value is -2.68. The predicted molar refractivity (Wildman–Crippen MR) is 133 cm³/mol. The van der Waals surface area contributed by atoms with E-state index in [-0.39, 0.29) is 23.4 Å². The molecule has 2 saturated heterocycles. The number of esters is 1. The summed E-state index contributed by atoms with van der Waals surface area (Å²) in [7, 11) is 1.34. The summed E-state index contributed by atoms with van der Waals surface area (Å²) in [6.07, 6.45) is 6.26. The smallest absolute Gasteiger partial charge is 0.410 e. The van der Waals surface area contributed by atoms with Crippen LogP contribution in [0, 0.1) is 12.8 Å². The van der Waals surface area contributed by atoms with Gasteiger partial charge in [-0.1, -0.05) is 13.0 Å². The fourth-order valence-corrected chi connectivity index (χ4v) is 5.67. The van der Waals surface area contributed by atoms with Gasteiger partial charge in [0.15, 0.2) is 11.5 Å². The highest BCUT2D eigenvalue weighted by Gasteiger charge is 2.60. The molecule has 0 radical (unpaired) electrons. The zero-order chi connectivity index (χ0) is 25.5. The second-order valence-corrected chi connectivity index (χ2v) is 11.1. The zero-order valence-electron chi connectivity index (χ0n) is 21.9. The second-order valence-electron chi connectivity index (χ2n) is 11.1. The molecular formula is C26H39N5O4. The second kappa shape index (κ2) is 9.41. The van der Waals surface area contributed by atoms with Crippen LogP contribution < -0.4 is 4.90 Å².